The summed E-state index contributed by atoms with van der Waals surface area (Å²) < 4.78 is 101. The van der Waals surface area contributed by atoms with E-state index in [-0.39, 0.29) is 54.6 Å². The Morgan fingerprint density at radius 2 is 1.89 bits per heavy atom. The summed E-state index contributed by atoms with van der Waals surface area (Å²) in [4.78, 5) is 22.6. The van der Waals surface area contributed by atoms with Gasteiger partial charge in [0.15, 0.2) is 0 Å². The normalized spacial score (nSPS) is 22.3. The molecule has 1 aliphatic heterocycles. The molecule has 0 spiro atoms. The second-order valence-electron chi connectivity index (χ2n) is 13.1. The molecule has 3 atom stereocenters. The highest BCUT2D eigenvalue weighted by molar-refractivity contribution is 5.80. The van der Waals surface area contributed by atoms with Gasteiger partial charge in [0.2, 0.25) is 0 Å². The summed E-state index contributed by atoms with van der Waals surface area (Å²) in [5.74, 6) is -0.127. The number of ether oxygens (including phenoxy) is 1. The summed E-state index contributed by atoms with van der Waals surface area (Å²) in [7, 11) is 1.90. The summed E-state index contributed by atoms with van der Waals surface area (Å²) in [5.41, 5.74) is -2.30. The van der Waals surface area contributed by atoms with Crippen molar-refractivity contribution in [1.29, 1.82) is 0 Å². The number of halogens is 7. The van der Waals surface area contributed by atoms with Crippen molar-refractivity contribution in [3.8, 4) is 0 Å². The predicted molar refractivity (Wildman–Crippen MR) is 161 cm³/mol. The zero-order chi connectivity index (χ0) is 34.3. The first-order valence-electron chi connectivity index (χ1n) is 15.7. The number of imidazole rings is 1. The van der Waals surface area contributed by atoms with Gasteiger partial charge in [0.05, 0.1) is 35.9 Å². The molecule has 0 saturated carbocycles. The number of H-pyrrole nitrogens is 1. The quantitative estimate of drug-likeness (QED) is 0.227. The first-order chi connectivity index (χ1) is 22.0. The Hall–Kier alpha value is -3.39. The lowest BCUT2D eigenvalue weighted by Crippen LogP contribution is -2.60. The van der Waals surface area contributed by atoms with Gasteiger partial charge < -0.3 is 24.6 Å². The van der Waals surface area contributed by atoms with E-state index in [1.165, 1.54) is 11.0 Å². The van der Waals surface area contributed by atoms with Crippen LogP contribution in [0.1, 0.15) is 67.1 Å². The molecular weight excluding hydrogens is 633 g/mol. The van der Waals surface area contributed by atoms with Gasteiger partial charge in [-0.3, -0.25) is 0 Å². The number of aromatic nitrogens is 2. The second kappa shape index (κ2) is 13.3. The van der Waals surface area contributed by atoms with Crippen LogP contribution in [0.4, 0.5) is 35.5 Å². The van der Waals surface area contributed by atoms with Gasteiger partial charge in [-0.1, -0.05) is 19.9 Å². The standard InChI is InChI=1S/C33H39F7N4O3/c1-19(2)28-23-7-6-22(34)15-20(23)8-9-31(28,26-18-47-14-13-44(26)30(45)46)10-12-43(3)11-4-5-27-41-25-17-21(32(35,36)37)16-24(29(25)42-27)33(38,39)40/h6-7,15-17,19,26,28H,4-5,8-14,18H2,1-3H3,(H,41,42)(H,45,46)/t26?,28-,31+/m0/s1. The summed E-state index contributed by atoms with van der Waals surface area (Å²) in [6.45, 7) is 6.05. The highest BCUT2D eigenvalue weighted by Crippen LogP contribution is 2.55. The number of amides is 1. The number of hydrogen-bond donors (Lipinski definition) is 2. The fraction of sp³-hybridized carbons (Fsp3) is 0.576. The molecule has 0 radical (unpaired) electrons. The third-order valence-electron chi connectivity index (χ3n) is 9.80. The first kappa shape index (κ1) is 34.9. The summed E-state index contributed by atoms with van der Waals surface area (Å²) in [5, 5.41) is 10.2. The van der Waals surface area contributed by atoms with Crippen LogP contribution in [0.15, 0.2) is 30.3 Å². The molecule has 2 N–H and O–H groups in total. The van der Waals surface area contributed by atoms with Crippen LogP contribution >= 0.6 is 0 Å². The highest BCUT2D eigenvalue weighted by atomic mass is 19.4. The van der Waals surface area contributed by atoms with Gasteiger partial charge >= 0.3 is 18.4 Å². The van der Waals surface area contributed by atoms with Gasteiger partial charge in [-0.15, -0.1) is 0 Å². The van der Waals surface area contributed by atoms with Crippen molar-refractivity contribution in [1.82, 2.24) is 19.8 Å². The molecule has 3 aromatic rings. The number of nitrogens with zero attached hydrogens (tertiary/aromatic N) is 3. The van der Waals surface area contributed by atoms with Crippen molar-refractivity contribution in [3.05, 3.63) is 64.2 Å². The van der Waals surface area contributed by atoms with Crippen LogP contribution in [0.2, 0.25) is 0 Å². The largest absolute Gasteiger partial charge is 0.465 e. The molecule has 1 aromatic heterocycles. The lowest BCUT2D eigenvalue weighted by molar-refractivity contribution is -0.142. The number of morpholine rings is 1. The Labute approximate surface area is 268 Å². The number of carbonyl (C=O) groups is 1. The summed E-state index contributed by atoms with van der Waals surface area (Å²) >= 11 is 0. The topological polar surface area (TPSA) is 81.7 Å². The number of aromatic amines is 1. The van der Waals surface area contributed by atoms with Crippen molar-refractivity contribution < 1.29 is 45.4 Å². The lowest BCUT2D eigenvalue weighted by atomic mass is 9.55. The molecule has 1 amide bonds. The number of aryl methyl sites for hydroxylation is 2. The van der Waals surface area contributed by atoms with Crippen LogP contribution in [0.25, 0.3) is 11.0 Å². The molecule has 47 heavy (non-hydrogen) atoms. The zero-order valence-corrected chi connectivity index (χ0v) is 26.4. The Bertz CT molecular complexity index is 1590. The summed E-state index contributed by atoms with van der Waals surface area (Å²) in [6, 6.07) is 5.13. The van der Waals surface area contributed by atoms with Gasteiger partial charge in [-0.05, 0) is 93.0 Å². The Morgan fingerprint density at radius 1 is 1.15 bits per heavy atom. The predicted octanol–water partition coefficient (Wildman–Crippen LogP) is 7.75. The molecule has 2 aliphatic rings. The number of benzene rings is 2. The van der Waals surface area contributed by atoms with Crippen molar-refractivity contribution in [2.24, 2.45) is 11.3 Å². The van der Waals surface area contributed by atoms with Gasteiger partial charge in [0, 0.05) is 18.4 Å². The minimum absolute atomic E-state index is 0.0752. The average molecular weight is 673 g/mol. The molecule has 2 aromatic carbocycles. The highest BCUT2D eigenvalue weighted by Gasteiger charge is 2.53. The van der Waals surface area contributed by atoms with E-state index in [4.69, 9.17) is 4.74 Å². The average Bonchev–Trinajstić information content (AvgIpc) is 3.41. The Kier molecular flexibility index (Phi) is 9.85. The van der Waals surface area contributed by atoms with Crippen molar-refractivity contribution in [2.45, 2.75) is 70.3 Å². The molecule has 1 aliphatic carbocycles. The minimum atomic E-state index is -5.01. The Balaban J connectivity index is 1.34. The van der Waals surface area contributed by atoms with Gasteiger partial charge in [0.25, 0.3) is 0 Å². The molecule has 1 saturated heterocycles. The molecule has 14 heteroatoms. The van der Waals surface area contributed by atoms with Gasteiger partial charge in [0.1, 0.15) is 17.2 Å². The molecular formula is C33H39F7N4O3. The van der Waals surface area contributed by atoms with Crippen LogP contribution in [0, 0.1) is 17.2 Å². The maximum atomic E-state index is 14.2. The van der Waals surface area contributed by atoms with E-state index in [1.807, 2.05) is 13.1 Å². The number of carboxylic acid groups (broad SMARTS) is 1. The molecule has 7 nitrogen and oxygen atoms in total. The summed E-state index contributed by atoms with van der Waals surface area (Å²) in [6.07, 6.45) is -8.47. The second-order valence-corrected chi connectivity index (χ2v) is 13.1. The van der Waals surface area contributed by atoms with E-state index in [0.29, 0.717) is 51.4 Å². The first-order valence-corrected chi connectivity index (χ1v) is 15.7. The SMILES string of the molecule is CC(C)[C@H]1c2ccc(F)cc2CC[C@@]1(CCN(C)CCCc1nc2c(C(F)(F)F)cc(C(F)(F)F)cc2[nH]1)C1COCCN1C(=O)O. The fourth-order valence-corrected chi connectivity index (χ4v) is 7.77. The lowest BCUT2D eigenvalue weighted by Gasteiger charge is -2.55. The zero-order valence-electron chi connectivity index (χ0n) is 26.4. The maximum absolute atomic E-state index is 14.2. The van der Waals surface area contributed by atoms with E-state index in [1.54, 1.807) is 6.07 Å². The van der Waals surface area contributed by atoms with Gasteiger partial charge in [-0.2, -0.15) is 26.3 Å². The number of alkyl halides is 6. The number of nitrogens with one attached hydrogen (secondary N) is 1. The number of rotatable bonds is 9. The van der Waals surface area contributed by atoms with Crippen molar-refractivity contribution in [2.75, 3.05) is 39.9 Å². The van der Waals surface area contributed by atoms with Crippen LogP contribution in [-0.4, -0.2) is 76.9 Å². The van der Waals surface area contributed by atoms with Crippen molar-refractivity contribution in [3.63, 3.8) is 0 Å². The molecule has 1 fully saturated rings. The van der Waals surface area contributed by atoms with Crippen LogP contribution < -0.4 is 0 Å². The van der Waals surface area contributed by atoms with Crippen molar-refractivity contribution >= 4 is 17.1 Å². The van der Waals surface area contributed by atoms with E-state index in [9.17, 15) is 40.6 Å². The fourth-order valence-electron chi connectivity index (χ4n) is 7.77. The Morgan fingerprint density at radius 3 is 2.55 bits per heavy atom. The molecule has 0 bridgehead atoms. The number of hydrogen-bond acceptors (Lipinski definition) is 4. The van der Waals surface area contributed by atoms with E-state index in [2.05, 4.69) is 28.7 Å². The van der Waals surface area contributed by atoms with Gasteiger partial charge in [-0.25, -0.2) is 14.2 Å². The van der Waals surface area contributed by atoms with E-state index in [0.717, 1.165) is 11.1 Å². The third-order valence-corrected chi connectivity index (χ3v) is 9.80. The maximum Gasteiger partial charge on any atom is 0.418 e. The van der Waals surface area contributed by atoms with Crippen LogP contribution in [0.3, 0.4) is 0 Å². The van der Waals surface area contributed by atoms with E-state index >= 15 is 0 Å². The third kappa shape index (κ3) is 7.23. The smallest absolute Gasteiger partial charge is 0.418 e. The van der Waals surface area contributed by atoms with Crippen LogP contribution in [0.5, 0.6) is 0 Å². The van der Waals surface area contributed by atoms with Crippen LogP contribution in [-0.2, 0) is 29.9 Å². The molecule has 258 valence electrons. The minimum Gasteiger partial charge on any atom is -0.465 e. The molecule has 5 rings (SSSR count). The number of fused-ring (bicyclic) bond motifs is 2. The monoisotopic (exact) mass is 672 g/mol. The molecule has 2 heterocycles. The molecule has 1 unspecified atom stereocenters. The van der Waals surface area contributed by atoms with E-state index < -0.39 is 46.5 Å².